The van der Waals surface area contributed by atoms with Crippen molar-refractivity contribution in [3.05, 3.63) is 29.3 Å². The smallest absolute Gasteiger partial charge is 0.241 e. The number of rotatable bonds is 7. The fourth-order valence-electron chi connectivity index (χ4n) is 2.01. The van der Waals surface area contributed by atoms with Crippen molar-refractivity contribution in [2.24, 2.45) is 0 Å². The molecule has 6 heteroatoms. The van der Waals surface area contributed by atoms with E-state index in [9.17, 15) is 9.59 Å². The van der Waals surface area contributed by atoms with Gasteiger partial charge in [-0.05, 0) is 52.1 Å². The second-order valence-electron chi connectivity index (χ2n) is 5.15. The Morgan fingerprint density at radius 2 is 1.73 bits per heavy atom. The Hall–Kier alpha value is -1.59. The molecule has 0 heterocycles. The summed E-state index contributed by atoms with van der Waals surface area (Å²) in [6.07, 6.45) is 0. The third kappa shape index (κ3) is 5.31. The van der Waals surface area contributed by atoms with Crippen LogP contribution in [0.5, 0.6) is 0 Å². The molecule has 2 amide bonds. The Labute approximate surface area is 137 Å². The van der Waals surface area contributed by atoms with Gasteiger partial charge in [0.1, 0.15) is 0 Å². The van der Waals surface area contributed by atoms with Crippen LogP contribution in [0, 0.1) is 0 Å². The van der Waals surface area contributed by atoms with Gasteiger partial charge < -0.3 is 10.2 Å². The van der Waals surface area contributed by atoms with Crippen LogP contribution in [0.1, 0.15) is 20.8 Å². The van der Waals surface area contributed by atoms with Gasteiger partial charge in [0.15, 0.2) is 0 Å². The maximum Gasteiger partial charge on any atom is 0.241 e. The van der Waals surface area contributed by atoms with Crippen molar-refractivity contribution >= 4 is 29.1 Å². The summed E-state index contributed by atoms with van der Waals surface area (Å²) in [7, 11) is 1.77. The zero-order valence-corrected chi connectivity index (χ0v) is 14.4. The first-order chi connectivity index (χ1) is 10.4. The van der Waals surface area contributed by atoms with Crippen LogP contribution in [0.2, 0.25) is 5.02 Å². The molecule has 0 spiro atoms. The number of likely N-dealkylation sites (N-methyl/N-ethyl adjacent to an activating group) is 2. The van der Waals surface area contributed by atoms with Gasteiger partial charge in [0.2, 0.25) is 11.8 Å². The molecule has 1 unspecified atom stereocenters. The third-order valence-electron chi connectivity index (χ3n) is 3.65. The highest BCUT2D eigenvalue weighted by molar-refractivity contribution is 6.30. The summed E-state index contributed by atoms with van der Waals surface area (Å²) >= 11 is 5.81. The first kappa shape index (κ1) is 18.5. The molecule has 22 heavy (non-hydrogen) atoms. The molecule has 1 atom stereocenters. The van der Waals surface area contributed by atoms with Crippen molar-refractivity contribution in [3.8, 4) is 0 Å². The number of benzene rings is 1. The lowest BCUT2D eigenvalue weighted by atomic mass is 10.2. The van der Waals surface area contributed by atoms with Gasteiger partial charge in [-0.15, -0.1) is 0 Å². The SMILES string of the molecule is CCN(CC)C(=O)CN(C)C(C)C(=O)Nc1ccc(Cl)cc1. The first-order valence-corrected chi connectivity index (χ1v) is 7.81. The van der Waals surface area contributed by atoms with Crippen molar-refractivity contribution in [2.75, 3.05) is 32.0 Å². The number of anilines is 1. The highest BCUT2D eigenvalue weighted by atomic mass is 35.5. The van der Waals surface area contributed by atoms with Crippen LogP contribution < -0.4 is 5.32 Å². The van der Waals surface area contributed by atoms with Gasteiger partial charge in [-0.1, -0.05) is 11.6 Å². The van der Waals surface area contributed by atoms with Gasteiger partial charge in [-0.25, -0.2) is 0 Å². The normalized spacial score (nSPS) is 12.1. The molecular formula is C16H24ClN3O2. The molecule has 0 aliphatic rings. The third-order valence-corrected chi connectivity index (χ3v) is 3.91. The Balaban J connectivity index is 2.58. The van der Waals surface area contributed by atoms with Gasteiger partial charge >= 0.3 is 0 Å². The highest BCUT2D eigenvalue weighted by Crippen LogP contribution is 2.14. The van der Waals surface area contributed by atoms with Crippen molar-refractivity contribution in [2.45, 2.75) is 26.8 Å². The predicted octanol–water partition coefficient (Wildman–Crippen LogP) is 2.47. The molecule has 0 aliphatic heterocycles. The summed E-state index contributed by atoms with van der Waals surface area (Å²) < 4.78 is 0. The van der Waals surface area contributed by atoms with E-state index in [1.54, 1.807) is 48.0 Å². The molecule has 0 aromatic heterocycles. The summed E-state index contributed by atoms with van der Waals surface area (Å²) in [6.45, 7) is 7.23. The molecule has 1 rings (SSSR count). The minimum atomic E-state index is -0.407. The van der Waals surface area contributed by atoms with E-state index in [1.165, 1.54) is 0 Å². The number of hydrogen-bond donors (Lipinski definition) is 1. The van der Waals surface area contributed by atoms with E-state index in [0.29, 0.717) is 23.8 Å². The van der Waals surface area contributed by atoms with Crippen LogP contribution in [-0.4, -0.2) is 54.3 Å². The van der Waals surface area contributed by atoms with Crippen LogP contribution in [0.15, 0.2) is 24.3 Å². The summed E-state index contributed by atoms with van der Waals surface area (Å²) in [4.78, 5) is 27.8. The Bertz CT molecular complexity index is 501. The van der Waals surface area contributed by atoms with Crippen LogP contribution in [0.4, 0.5) is 5.69 Å². The maximum atomic E-state index is 12.2. The van der Waals surface area contributed by atoms with E-state index in [-0.39, 0.29) is 18.4 Å². The topological polar surface area (TPSA) is 52.7 Å². The molecule has 1 N–H and O–H groups in total. The molecule has 0 aliphatic carbocycles. The van der Waals surface area contributed by atoms with Gasteiger partial charge in [-0.2, -0.15) is 0 Å². The second kappa shape index (κ2) is 8.76. The van der Waals surface area contributed by atoms with Crippen molar-refractivity contribution in [3.63, 3.8) is 0 Å². The number of carbonyl (C=O) groups is 2. The molecule has 0 saturated heterocycles. The molecule has 0 bridgehead atoms. The second-order valence-corrected chi connectivity index (χ2v) is 5.59. The highest BCUT2D eigenvalue weighted by Gasteiger charge is 2.21. The quantitative estimate of drug-likeness (QED) is 0.838. The molecule has 1 aromatic carbocycles. The zero-order chi connectivity index (χ0) is 16.7. The van der Waals surface area contributed by atoms with Crippen LogP contribution in [0.3, 0.4) is 0 Å². The molecule has 5 nitrogen and oxygen atoms in total. The average molecular weight is 326 g/mol. The van der Waals surface area contributed by atoms with Gasteiger partial charge in [0.25, 0.3) is 0 Å². The minimum absolute atomic E-state index is 0.0265. The van der Waals surface area contributed by atoms with E-state index in [1.807, 2.05) is 13.8 Å². The summed E-state index contributed by atoms with van der Waals surface area (Å²) in [5.41, 5.74) is 0.685. The largest absolute Gasteiger partial charge is 0.342 e. The van der Waals surface area contributed by atoms with Gasteiger partial charge in [-0.3, -0.25) is 14.5 Å². The van der Waals surface area contributed by atoms with Crippen molar-refractivity contribution < 1.29 is 9.59 Å². The number of nitrogens with one attached hydrogen (secondary N) is 1. The van der Waals surface area contributed by atoms with Gasteiger partial charge in [0.05, 0.1) is 12.6 Å². The Morgan fingerprint density at radius 1 is 1.18 bits per heavy atom. The summed E-state index contributed by atoms with van der Waals surface area (Å²) in [5, 5.41) is 3.43. The van der Waals surface area contributed by atoms with Gasteiger partial charge in [0, 0.05) is 23.8 Å². The molecule has 0 fully saturated rings. The minimum Gasteiger partial charge on any atom is -0.342 e. The van der Waals surface area contributed by atoms with Crippen LogP contribution in [-0.2, 0) is 9.59 Å². The molecule has 0 saturated carbocycles. The van der Waals surface area contributed by atoms with Crippen LogP contribution in [0.25, 0.3) is 0 Å². The zero-order valence-electron chi connectivity index (χ0n) is 13.6. The average Bonchev–Trinajstić information content (AvgIpc) is 2.49. The predicted molar refractivity (Wildman–Crippen MR) is 90.1 cm³/mol. The lowest BCUT2D eigenvalue weighted by Crippen LogP contribution is -2.46. The number of nitrogens with zero attached hydrogens (tertiary/aromatic N) is 2. The van der Waals surface area contributed by atoms with E-state index in [4.69, 9.17) is 11.6 Å². The molecule has 122 valence electrons. The number of halogens is 1. The number of hydrogen-bond acceptors (Lipinski definition) is 3. The summed E-state index contributed by atoms with van der Waals surface area (Å²) in [6, 6.07) is 6.52. The van der Waals surface area contributed by atoms with E-state index >= 15 is 0 Å². The number of carbonyl (C=O) groups excluding carboxylic acids is 2. The molecule has 1 aromatic rings. The maximum absolute atomic E-state index is 12.2. The fraction of sp³-hybridized carbons (Fsp3) is 0.500. The van der Waals surface area contributed by atoms with Crippen molar-refractivity contribution in [1.82, 2.24) is 9.80 Å². The van der Waals surface area contributed by atoms with Crippen LogP contribution >= 0.6 is 11.6 Å². The molecular weight excluding hydrogens is 302 g/mol. The fourth-order valence-corrected chi connectivity index (χ4v) is 2.13. The Kier molecular flexibility index (Phi) is 7.35. The summed E-state index contributed by atoms with van der Waals surface area (Å²) in [5.74, 6) is -0.129. The Morgan fingerprint density at radius 3 is 2.23 bits per heavy atom. The monoisotopic (exact) mass is 325 g/mol. The van der Waals surface area contributed by atoms with E-state index < -0.39 is 6.04 Å². The standard InChI is InChI=1S/C16H24ClN3O2/c1-5-20(6-2)15(21)11-19(4)12(3)16(22)18-14-9-7-13(17)8-10-14/h7-10,12H,5-6,11H2,1-4H3,(H,18,22). The lowest BCUT2D eigenvalue weighted by Gasteiger charge is -2.26. The first-order valence-electron chi connectivity index (χ1n) is 7.43. The van der Waals surface area contributed by atoms with E-state index in [0.717, 1.165) is 0 Å². The van der Waals surface area contributed by atoms with Crippen molar-refractivity contribution in [1.29, 1.82) is 0 Å². The molecule has 0 radical (unpaired) electrons. The lowest BCUT2D eigenvalue weighted by molar-refractivity contribution is -0.133. The number of amides is 2. The van der Waals surface area contributed by atoms with E-state index in [2.05, 4.69) is 5.32 Å².